The molecule has 0 N–H and O–H groups in total. The molecular weight excluding hydrogens is 306 g/mol. The Balaban J connectivity index is 4.11. The van der Waals surface area contributed by atoms with Crippen LogP contribution in [0.25, 0.3) is 0 Å². The van der Waals surface area contributed by atoms with Crippen LogP contribution >= 0.6 is 0 Å². The van der Waals surface area contributed by atoms with Gasteiger partial charge in [0.25, 0.3) is 0 Å². The molecule has 0 aromatic rings. The fraction of sp³-hybridized carbons (Fsp3) is 1.00. The number of alkyl halides is 5. The molecule has 0 spiro atoms. The molecule has 0 aromatic heterocycles. The SMILES string of the molecule is C[O][Sn](=[O])[C](F)(F)CCC(F)(F)F. The van der Waals surface area contributed by atoms with E-state index >= 15 is 0 Å². The summed E-state index contributed by atoms with van der Waals surface area (Å²) in [5.41, 5.74) is 0. The summed E-state index contributed by atoms with van der Waals surface area (Å²) in [7, 11) is 0.809. The zero-order valence-electron chi connectivity index (χ0n) is 6.62. The number of halogens is 5. The van der Waals surface area contributed by atoms with E-state index in [9.17, 15) is 25.0 Å². The fourth-order valence-corrected chi connectivity index (χ4v) is 2.34. The number of hydrogen-bond donors (Lipinski definition) is 0. The Bertz CT molecular complexity index is 190. The average Bonchev–Trinajstić information content (AvgIpc) is 1.98. The van der Waals surface area contributed by atoms with Crippen molar-refractivity contribution in [1.29, 1.82) is 0 Å². The molecule has 0 saturated heterocycles. The van der Waals surface area contributed by atoms with Gasteiger partial charge in [-0.3, -0.25) is 0 Å². The van der Waals surface area contributed by atoms with Crippen molar-refractivity contribution in [3.8, 4) is 0 Å². The predicted octanol–water partition coefficient (Wildman–Crippen LogP) is 2.07. The fourth-order valence-electron chi connectivity index (χ4n) is 0.550. The molecule has 0 aromatic carbocycles. The van der Waals surface area contributed by atoms with Gasteiger partial charge in [-0.2, -0.15) is 0 Å². The third-order valence-electron chi connectivity index (χ3n) is 1.21. The second-order valence-electron chi connectivity index (χ2n) is 2.31. The van der Waals surface area contributed by atoms with Crippen molar-refractivity contribution in [1.82, 2.24) is 0 Å². The van der Waals surface area contributed by atoms with Crippen molar-refractivity contribution in [2.45, 2.75) is 23.0 Å². The molecule has 0 rings (SSSR count). The molecule has 13 heavy (non-hydrogen) atoms. The van der Waals surface area contributed by atoms with E-state index in [4.69, 9.17) is 0 Å². The van der Waals surface area contributed by atoms with Gasteiger partial charge in [0.2, 0.25) is 0 Å². The molecule has 0 unspecified atom stereocenters. The monoisotopic (exact) mass is 314 g/mol. The number of rotatable bonds is 4. The normalized spacial score (nSPS) is 13.1. The molecule has 0 aliphatic rings. The predicted molar refractivity (Wildman–Crippen MR) is 33.7 cm³/mol. The van der Waals surface area contributed by atoms with Gasteiger partial charge in [-0.25, -0.2) is 0 Å². The van der Waals surface area contributed by atoms with Crippen LogP contribution in [-0.2, 0) is 6.15 Å². The van der Waals surface area contributed by atoms with Crippen LogP contribution in [-0.4, -0.2) is 37.4 Å². The first-order chi connectivity index (χ1) is 5.69. The van der Waals surface area contributed by atoms with E-state index in [0.717, 1.165) is 7.11 Å². The molecule has 0 radical (unpaired) electrons. The summed E-state index contributed by atoms with van der Waals surface area (Å²) in [6, 6.07) is 0. The molecule has 0 atom stereocenters. The Labute approximate surface area is 78.7 Å². The second kappa shape index (κ2) is 4.63. The maximum absolute atomic E-state index is 12.5. The van der Waals surface area contributed by atoms with Crippen LogP contribution < -0.4 is 0 Å². The molecule has 0 saturated carbocycles. The summed E-state index contributed by atoms with van der Waals surface area (Å²) in [6.45, 7) is 0. The van der Waals surface area contributed by atoms with Crippen LogP contribution in [0.1, 0.15) is 12.8 Å². The van der Waals surface area contributed by atoms with E-state index in [-0.39, 0.29) is 0 Å². The van der Waals surface area contributed by atoms with E-state index in [1.807, 2.05) is 0 Å². The molecule has 0 heterocycles. The third-order valence-corrected chi connectivity index (χ3v) is 4.68. The molecule has 0 fully saturated rings. The Hall–Kier alpha value is 0.209. The summed E-state index contributed by atoms with van der Waals surface area (Å²) in [5, 5.41) is 0. The maximum atomic E-state index is 12.5. The van der Waals surface area contributed by atoms with Gasteiger partial charge < -0.3 is 0 Å². The molecular formula is C5H7F5O2Sn. The van der Waals surface area contributed by atoms with Crippen LogP contribution in [0.5, 0.6) is 0 Å². The minimum atomic E-state index is -4.65. The van der Waals surface area contributed by atoms with E-state index < -0.39 is 43.1 Å². The zero-order chi connectivity index (χ0) is 10.7. The van der Waals surface area contributed by atoms with Crippen molar-refractivity contribution in [2.75, 3.05) is 7.11 Å². The van der Waals surface area contributed by atoms with Gasteiger partial charge in [-0.1, -0.05) is 0 Å². The summed E-state index contributed by atoms with van der Waals surface area (Å²) < 4.78 is 70.1. The van der Waals surface area contributed by atoms with Crippen LogP contribution in [0, 0.1) is 0 Å². The van der Waals surface area contributed by atoms with Gasteiger partial charge in [0, 0.05) is 0 Å². The van der Waals surface area contributed by atoms with Crippen molar-refractivity contribution in [3.63, 3.8) is 0 Å². The van der Waals surface area contributed by atoms with E-state index in [0.29, 0.717) is 0 Å². The summed E-state index contributed by atoms with van der Waals surface area (Å²) in [5.74, 6) is 0. The van der Waals surface area contributed by atoms with Crippen LogP contribution in [0.3, 0.4) is 0 Å². The Kier molecular flexibility index (Phi) is 4.70. The minimum absolute atomic E-state index is 0.809. The van der Waals surface area contributed by atoms with Gasteiger partial charge in [0.1, 0.15) is 0 Å². The zero-order valence-corrected chi connectivity index (χ0v) is 9.47. The first-order valence-electron chi connectivity index (χ1n) is 3.22. The summed E-state index contributed by atoms with van der Waals surface area (Å²) >= 11 is -4.61. The van der Waals surface area contributed by atoms with Crippen molar-refractivity contribution in [2.24, 2.45) is 0 Å². The molecule has 2 nitrogen and oxygen atoms in total. The van der Waals surface area contributed by atoms with Crippen LogP contribution in [0.4, 0.5) is 22.0 Å². The summed E-state index contributed by atoms with van der Waals surface area (Å²) in [6.07, 6.45) is -7.75. The van der Waals surface area contributed by atoms with Gasteiger partial charge in [-0.15, -0.1) is 0 Å². The van der Waals surface area contributed by atoms with Gasteiger partial charge in [0.05, 0.1) is 0 Å². The van der Waals surface area contributed by atoms with E-state index in [1.54, 1.807) is 0 Å². The standard InChI is InChI=1S/C4H4F5.CH3O.O.Sn/c5-3(6)1-2-4(7,8)9;1-2;;/h1-2H2;1H3;;/q;-1;;+1. The first kappa shape index (κ1) is 13.2. The van der Waals surface area contributed by atoms with Crippen molar-refractivity contribution >= 4 is 20.2 Å². The molecule has 0 aliphatic carbocycles. The Morgan fingerprint density at radius 1 is 1.15 bits per heavy atom. The van der Waals surface area contributed by atoms with Gasteiger partial charge in [-0.05, 0) is 0 Å². The van der Waals surface area contributed by atoms with E-state index in [1.165, 1.54) is 0 Å². The van der Waals surface area contributed by atoms with Crippen LogP contribution in [0.15, 0.2) is 0 Å². The molecule has 78 valence electrons. The van der Waals surface area contributed by atoms with E-state index in [2.05, 4.69) is 3.07 Å². The quantitative estimate of drug-likeness (QED) is 0.587. The molecule has 0 bridgehead atoms. The van der Waals surface area contributed by atoms with Crippen molar-refractivity contribution in [3.05, 3.63) is 0 Å². The molecule has 8 heteroatoms. The second-order valence-corrected chi connectivity index (χ2v) is 7.21. The topological polar surface area (TPSA) is 26.3 Å². The molecule has 0 amide bonds. The van der Waals surface area contributed by atoms with Gasteiger partial charge >= 0.3 is 78.3 Å². The Morgan fingerprint density at radius 3 is 1.92 bits per heavy atom. The molecule has 0 aliphatic heterocycles. The van der Waals surface area contributed by atoms with Gasteiger partial charge in [0.15, 0.2) is 0 Å². The average molecular weight is 313 g/mol. The summed E-state index contributed by atoms with van der Waals surface area (Å²) in [4.78, 5) is 0. The Morgan fingerprint density at radius 2 is 1.62 bits per heavy atom. The van der Waals surface area contributed by atoms with Crippen molar-refractivity contribution < 1.29 is 28.1 Å². The first-order valence-corrected chi connectivity index (χ1v) is 6.98. The van der Waals surface area contributed by atoms with Crippen LogP contribution in [0.2, 0.25) is 0 Å². The number of hydrogen-bond acceptors (Lipinski definition) is 2. The third kappa shape index (κ3) is 5.50.